The summed E-state index contributed by atoms with van der Waals surface area (Å²) in [5, 5.41) is 0. The monoisotopic (exact) mass is 345 g/mol. The van der Waals surface area contributed by atoms with Crippen LogP contribution in [0.5, 0.6) is 0 Å². The van der Waals surface area contributed by atoms with Gasteiger partial charge in [0, 0.05) is 17.2 Å². The number of hydrogen-bond donors (Lipinski definition) is 2. The van der Waals surface area contributed by atoms with Crippen LogP contribution in [0.1, 0.15) is 38.5 Å². The molecule has 0 unspecified atom stereocenters. The second kappa shape index (κ2) is 5.81. The average Bonchev–Trinajstić information content (AvgIpc) is 3.28. The predicted octanol–water partition coefficient (Wildman–Crippen LogP) is 1.95. The van der Waals surface area contributed by atoms with Crippen LogP contribution in [-0.4, -0.2) is 22.6 Å². The van der Waals surface area contributed by atoms with E-state index in [1.165, 1.54) is 11.8 Å². The molecular weight excluding hydrogens is 326 g/mol. The molecule has 1 saturated heterocycles. The average molecular weight is 345 g/mol. The van der Waals surface area contributed by atoms with Gasteiger partial charge in [0.25, 0.3) is 5.91 Å². The summed E-state index contributed by atoms with van der Waals surface area (Å²) in [6.45, 7) is 0. The van der Waals surface area contributed by atoms with Gasteiger partial charge in [-0.3, -0.25) is 30.1 Å². The number of carbonyl (C=O) groups excluding carboxylic acids is 3. The van der Waals surface area contributed by atoms with Crippen LogP contribution in [0.4, 0.5) is 5.69 Å². The Bertz CT molecular complexity index is 717. The fourth-order valence-electron chi connectivity index (χ4n) is 3.80. The lowest BCUT2D eigenvalue weighted by Crippen LogP contribution is -2.57. The zero-order valence-corrected chi connectivity index (χ0v) is 14.0. The van der Waals surface area contributed by atoms with Crippen molar-refractivity contribution in [2.45, 2.75) is 48.3 Å². The van der Waals surface area contributed by atoms with E-state index in [2.05, 4.69) is 10.9 Å². The van der Waals surface area contributed by atoms with Crippen molar-refractivity contribution in [3.8, 4) is 0 Å². The molecule has 1 aliphatic carbocycles. The summed E-state index contributed by atoms with van der Waals surface area (Å²) < 4.78 is 0. The number of carbonyl (C=O) groups is 3. The molecule has 0 aromatic heterocycles. The molecule has 1 aromatic rings. The maximum Gasteiger partial charge on any atom is 0.275 e. The van der Waals surface area contributed by atoms with Crippen molar-refractivity contribution in [2.75, 3.05) is 4.90 Å². The van der Waals surface area contributed by atoms with Crippen LogP contribution < -0.4 is 15.8 Å². The largest absolute Gasteiger partial charge is 0.287 e. The Morgan fingerprint density at radius 2 is 1.92 bits per heavy atom. The molecule has 2 heterocycles. The molecule has 1 aromatic carbocycles. The van der Waals surface area contributed by atoms with E-state index in [4.69, 9.17) is 0 Å². The van der Waals surface area contributed by atoms with Crippen LogP contribution in [-0.2, 0) is 14.4 Å². The lowest BCUT2D eigenvalue weighted by molar-refractivity contribution is -0.132. The maximum absolute atomic E-state index is 12.8. The van der Waals surface area contributed by atoms with Gasteiger partial charge >= 0.3 is 0 Å². The van der Waals surface area contributed by atoms with Crippen molar-refractivity contribution in [3.05, 3.63) is 24.3 Å². The Labute approximate surface area is 144 Å². The fourth-order valence-corrected chi connectivity index (χ4v) is 5.22. The number of hydrazine groups is 1. The number of anilines is 1. The summed E-state index contributed by atoms with van der Waals surface area (Å²) in [4.78, 5) is 38.8. The molecule has 4 rings (SSSR count). The molecule has 3 aliphatic rings. The Morgan fingerprint density at radius 1 is 1.17 bits per heavy atom. The Morgan fingerprint density at radius 3 is 2.71 bits per heavy atom. The highest BCUT2D eigenvalue weighted by atomic mass is 32.2. The lowest BCUT2D eigenvalue weighted by Gasteiger charge is -2.29. The minimum Gasteiger partial charge on any atom is -0.287 e. The highest BCUT2D eigenvalue weighted by Crippen LogP contribution is 2.55. The SMILES string of the molecule is O=C(NNC(=O)[C@]12CCC(=O)N1c1ccccc1S2)C1CCCC1. The summed E-state index contributed by atoms with van der Waals surface area (Å²) in [7, 11) is 0. The summed E-state index contributed by atoms with van der Waals surface area (Å²) >= 11 is 1.39. The third kappa shape index (κ3) is 2.30. The second-order valence-electron chi connectivity index (χ2n) is 6.51. The Hall–Kier alpha value is -2.02. The number of hydrogen-bond acceptors (Lipinski definition) is 4. The van der Waals surface area contributed by atoms with Gasteiger partial charge in [-0.05, 0) is 31.4 Å². The highest BCUT2D eigenvalue weighted by Gasteiger charge is 2.57. The van der Waals surface area contributed by atoms with Crippen LogP contribution in [0, 0.1) is 5.92 Å². The van der Waals surface area contributed by atoms with Gasteiger partial charge in [0.1, 0.15) is 0 Å². The molecule has 2 fully saturated rings. The van der Waals surface area contributed by atoms with E-state index in [0.29, 0.717) is 12.8 Å². The zero-order valence-electron chi connectivity index (χ0n) is 13.2. The minimum absolute atomic E-state index is 0.0162. The Balaban J connectivity index is 1.51. The van der Waals surface area contributed by atoms with Crippen molar-refractivity contribution in [1.82, 2.24) is 10.9 Å². The van der Waals surface area contributed by atoms with Gasteiger partial charge in [-0.2, -0.15) is 0 Å². The van der Waals surface area contributed by atoms with E-state index < -0.39 is 4.87 Å². The highest BCUT2D eigenvalue weighted by molar-refractivity contribution is 8.02. The van der Waals surface area contributed by atoms with E-state index in [-0.39, 0.29) is 23.6 Å². The molecule has 1 atom stereocenters. The molecule has 24 heavy (non-hydrogen) atoms. The first-order valence-electron chi connectivity index (χ1n) is 8.33. The fraction of sp³-hybridized carbons (Fsp3) is 0.471. The van der Waals surface area contributed by atoms with Crippen LogP contribution in [0.15, 0.2) is 29.2 Å². The Kier molecular flexibility index (Phi) is 3.75. The van der Waals surface area contributed by atoms with Crippen LogP contribution in [0.2, 0.25) is 0 Å². The van der Waals surface area contributed by atoms with Crippen molar-refractivity contribution in [1.29, 1.82) is 0 Å². The van der Waals surface area contributed by atoms with E-state index in [9.17, 15) is 14.4 Å². The first-order valence-corrected chi connectivity index (χ1v) is 9.15. The number of thioether (sulfide) groups is 1. The number of amides is 3. The number of nitrogens with zero attached hydrogens (tertiary/aromatic N) is 1. The van der Waals surface area contributed by atoms with Gasteiger partial charge in [0.15, 0.2) is 4.87 Å². The third-order valence-corrected chi connectivity index (χ3v) is 6.53. The smallest absolute Gasteiger partial charge is 0.275 e. The summed E-state index contributed by atoms with van der Waals surface area (Å²) in [5.41, 5.74) is 5.91. The standard InChI is InChI=1S/C17H19N3O3S/c21-14-9-10-17(20(14)12-7-3-4-8-13(12)24-17)16(23)19-18-15(22)11-5-1-2-6-11/h3-4,7-8,11H,1-2,5-6,9-10H2,(H,18,22)(H,19,23)/t17-/m1/s1. The van der Waals surface area contributed by atoms with Crippen molar-refractivity contribution in [2.24, 2.45) is 5.92 Å². The third-order valence-electron chi connectivity index (χ3n) is 5.05. The first kappa shape index (κ1) is 15.5. The topological polar surface area (TPSA) is 78.5 Å². The van der Waals surface area contributed by atoms with Gasteiger partial charge in [-0.25, -0.2) is 0 Å². The van der Waals surface area contributed by atoms with E-state index in [1.807, 2.05) is 24.3 Å². The van der Waals surface area contributed by atoms with Crippen molar-refractivity contribution < 1.29 is 14.4 Å². The quantitative estimate of drug-likeness (QED) is 0.803. The lowest BCUT2D eigenvalue weighted by atomic mass is 10.1. The molecule has 126 valence electrons. The molecule has 0 radical (unpaired) electrons. The van der Waals surface area contributed by atoms with Crippen LogP contribution in [0.3, 0.4) is 0 Å². The number of rotatable bonds is 2. The molecular formula is C17H19N3O3S. The van der Waals surface area contributed by atoms with E-state index in [1.54, 1.807) is 4.90 Å². The van der Waals surface area contributed by atoms with Crippen LogP contribution >= 0.6 is 11.8 Å². The molecule has 2 aliphatic heterocycles. The molecule has 0 bridgehead atoms. The summed E-state index contributed by atoms with van der Waals surface area (Å²) in [6, 6.07) is 7.53. The van der Waals surface area contributed by atoms with E-state index in [0.717, 1.165) is 36.3 Å². The number of nitrogens with one attached hydrogen (secondary N) is 2. The number of benzene rings is 1. The zero-order chi connectivity index (χ0) is 16.7. The van der Waals surface area contributed by atoms with Gasteiger partial charge in [-0.1, -0.05) is 36.7 Å². The molecule has 6 nitrogen and oxygen atoms in total. The van der Waals surface area contributed by atoms with Gasteiger partial charge in [0.2, 0.25) is 11.8 Å². The second-order valence-corrected chi connectivity index (χ2v) is 7.83. The molecule has 0 spiro atoms. The molecule has 7 heteroatoms. The summed E-state index contributed by atoms with van der Waals surface area (Å²) in [5.74, 6) is -0.531. The molecule has 1 saturated carbocycles. The van der Waals surface area contributed by atoms with Gasteiger partial charge in [-0.15, -0.1) is 0 Å². The van der Waals surface area contributed by atoms with Crippen LogP contribution in [0.25, 0.3) is 0 Å². The number of para-hydroxylation sites is 1. The van der Waals surface area contributed by atoms with Gasteiger partial charge < -0.3 is 0 Å². The van der Waals surface area contributed by atoms with Crippen molar-refractivity contribution >= 4 is 35.2 Å². The first-order chi connectivity index (χ1) is 11.6. The maximum atomic E-state index is 12.8. The van der Waals surface area contributed by atoms with Gasteiger partial charge in [0.05, 0.1) is 5.69 Å². The predicted molar refractivity (Wildman–Crippen MR) is 90.0 cm³/mol. The normalized spacial score (nSPS) is 25.5. The molecule has 2 N–H and O–H groups in total. The number of fused-ring (bicyclic) bond motifs is 3. The molecule has 3 amide bonds. The summed E-state index contributed by atoms with van der Waals surface area (Å²) in [6.07, 6.45) is 4.64. The van der Waals surface area contributed by atoms with E-state index >= 15 is 0 Å². The minimum atomic E-state index is -0.982. The van der Waals surface area contributed by atoms with Crippen molar-refractivity contribution in [3.63, 3.8) is 0 Å².